The summed E-state index contributed by atoms with van der Waals surface area (Å²) in [5.41, 5.74) is 1.79. The summed E-state index contributed by atoms with van der Waals surface area (Å²) in [6.07, 6.45) is 1.71. The number of fused-ring (bicyclic) bond motifs is 1. The van der Waals surface area contributed by atoms with Gasteiger partial charge in [-0.25, -0.2) is 9.79 Å². The first-order chi connectivity index (χ1) is 17.8. The average molecular weight is 587 g/mol. The van der Waals surface area contributed by atoms with Crippen LogP contribution in [0.15, 0.2) is 61.9 Å². The maximum absolute atomic E-state index is 13.8. The largest absolute Gasteiger partial charge is 0.503 e. The summed E-state index contributed by atoms with van der Waals surface area (Å²) in [6.45, 7) is 8.17. The van der Waals surface area contributed by atoms with E-state index < -0.39 is 12.0 Å². The number of phenols is 1. The number of nitrogens with zero attached hydrogens (tertiary/aromatic N) is 2. The lowest BCUT2D eigenvalue weighted by Gasteiger charge is -2.26. The quantitative estimate of drug-likeness (QED) is 0.399. The van der Waals surface area contributed by atoms with Crippen LogP contribution in [0.2, 0.25) is 0 Å². The molecular weight excluding hydrogens is 560 g/mol. The van der Waals surface area contributed by atoms with Gasteiger partial charge < -0.3 is 19.3 Å². The first kappa shape index (κ1) is 26.7. The van der Waals surface area contributed by atoms with Gasteiger partial charge in [-0.05, 0) is 73.5 Å². The third-order valence-electron chi connectivity index (χ3n) is 5.68. The van der Waals surface area contributed by atoms with E-state index in [0.29, 0.717) is 60.9 Å². The van der Waals surface area contributed by atoms with Crippen molar-refractivity contribution in [1.29, 1.82) is 0 Å². The third-order valence-corrected chi connectivity index (χ3v) is 7.27. The molecule has 1 aliphatic rings. The minimum atomic E-state index is -0.772. The van der Waals surface area contributed by atoms with E-state index in [0.717, 1.165) is 0 Å². The Kier molecular flexibility index (Phi) is 8.19. The van der Waals surface area contributed by atoms with E-state index in [1.54, 1.807) is 32.1 Å². The molecule has 0 unspecified atom stereocenters. The van der Waals surface area contributed by atoms with Crippen LogP contribution >= 0.6 is 27.3 Å². The average Bonchev–Trinajstić information content (AvgIpc) is 3.16. The molecule has 0 spiro atoms. The van der Waals surface area contributed by atoms with Crippen LogP contribution in [0.3, 0.4) is 0 Å². The Labute approximate surface area is 226 Å². The molecule has 0 radical (unpaired) electrons. The number of ether oxygens (including phenoxy) is 3. The number of aromatic hydroxyl groups is 1. The zero-order valence-electron chi connectivity index (χ0n) is 20.9. The number of carbonyl (C=O) groups excluding carboxylic acids is 1. The molecule has 0 fully saturated rings. The zero-order chi connectivity index (χ0) is 26.7. The highest BCUT2D eigenvalue weighted by Crippen LogP contribution is 2.37. The van der Waals surface area contributed by atoms with E-state index in [2.05, 4.69) is 20.9 Å². The van der Waals surface area contributed by atoms with Crippen molar-refractivity contribution in [3.63, 3.8) is 0 Å². The number of halogens is 1. The third kappa shape index (κ3) is 5.21. The fourth-order valence-electron chi connectivity index (χ4n) is 4.17. The summed E-state index contributed by atoms with van der Waals surface area (Å²) in [5, 5.41) is 10.3. The topological polar surface area (TPSA) is 99.4 Å². The van der Waals surface area contributed by atoms with Crippen molar-refractivity contribution in [3.05, 3.63) is 83.0 Å². The van der Waals surface area contributed by atoms with Crippen LogP contribution in [0.5, 0.6) is 17.2 Å². The van der Waals surface area contributed by atoms with E-state index in [4.69, 9.17) is 14.2 Å². The highest BCUT2D eigenvalue weighted by Gasteiger charge is 2.35. The van der Waals surface area contributed by atoms with Crippen molar-refractivity contribution in [2.45, 2.75) is 33.7 Å². The smallest absolute Gasteiger partial charge is 0.338 e. The predicted molar refractivity (Wildman–Crippen MR) is 145 cm³/mol. The summed E-state index contributed by atoms with van der Waals surface area (Å²) in [4.78, 5) is 32.0. The van der Waals surface area contributed by atoms with Crippen LogP contribution in [-0.4, -0.2) is 35.5 Å². The molecule has 8 nitrogen and oxygen atoms in total. The predicted octanol–water partition coefficient (Wildman–Crippen LogP) is 4.06. The van der Waals surface area contributed by atoms with E-state index in [1.807, 2.05) is 38.1 Å². The molecule has 4 rings (SSSR count). The van der Waals surface area contributed by atoms with Gasteiger partial charge in [-0.1, -0.05) is 29.5 Å². The number of rotatable bonds is 8. The molecule has 2 heterocycles. The van der Waals surface area contributed by atoms with Crippen molar-refractivity contribution in [2.75, 3.05) is 19.8 Å². The van der Waals surface area contributed by atoms with Gasteiger partial charge in [-0.2, -0.15) is 0 Å². The van der Waals surface area contributed by atoms with Gasteiger partial charge >= 0.3 is 5.97 Å². The van der Waals surface area contributed by atoms with E-state index >= 15 is 0 Å². The van der Waals surface area contributed by atoms with Crippen LogP contribution in [0.25, 0.3) is 6.08 Å². The second-order valence-corrected chi connectivity index (χ2v) is 9.92. The van der Waals surface area contributed by atoms with E-state index in [1.165, 1.54) is 15.9 Å². The zero-order valence-corrected chi connectivity index (χ0v) is 23.3. The van der Waals surface area contributed by atoms with Crippen molar-refractivity contribution in [1.82, 2.24) is 4.57 Å². The molecule has 1 aliphatic heterocycles. The van der Waals surface area contributed by atoms with Gasteiger partial charge in [-0.3, -0.25) is 9.36 Å². The van der Waals surface area contributed by atoms with Gasteiger partial charge in [0, 0.05) is 5.56 Å². The molecule has 2 aromatic carbocycles. The Morgan fingerprint density at radius 2 is 1.84 bits per heavy atom. The van der Waals surface area contributed by atoms with Crippen LogP contribution in [-0.2, 0) is 9.53 Å². The minimum Gasteiger partial charge on any atom is -0.503 e. The molecule has 1 N–H and O–H groups in total. The van der Waals surface area contributed by atoms with Gasteiger partial charge in [0.2, 0.25) is 0 Å². The maximum Gasteiger partial charge on any atom is 0.338 e. The number of allylic oxidation sites excluding steroid dienone is 1. The highest BCUT2D eigenvalue weighted by atomic mass is 79.9. The van der Waals surface area contributed by atoms with Crippen LogP contribution < -0.4 is 24.4 Å². The number of hydrogen-bond donors (Lipinski definition) is 1. The molecule has 0 amide bonds. The van der Waals surface area contributed by atoms with Crippen molar-refractivity contribution < 1.29 is 24.1 Å². The number of benzene rings is 2. The Morgan fingerprint density at radius 3 is 2.54 bits per heavy atom. The number of phenolic OH excluding ortho intramolecular Hbond substituents is 1. The lowest BCUT2D eigenvalue weighted by Crippen LogP contribution is -2.40. The Bertz CT molecular complexity index is 1560. The van der Waals surface area contributed by atoms with Crippen molar-refractivity contribution in [3.8, 4) is 17.2 Å². The Balaban J connectivity index is 1.97. The first-order valence-electron chi connectivity index (χ1n) is 11.9. The molecule has 1 atom stereocenters. The number of para-hydroxylation sites is 1. The second-order valence-electron chi connectivity index (χ2n) is 8.06. The SMILES string of the molecule is CCOC(=O)C1=C(C)N=c2sc(=Cc3cc(Br)c(O)c(OCC)c3)c(=O)n2[C@H]1c1ccccc1OCC. The second kappa shape index (κ2) is 11.4. The first-order valence-corrected chi connectivity index (χ1v) is 13.5. The fourth-order valence-corrected chi connectivity index (χ4v) is 5.68. The van der Waals surface area contributed by atoms with Gasteiger partial charge in [0.25, 0.3) is 5.56 Å². The maximum atomic E-state index is 13.8. The number of aromatic nitrogens is 1. The van der Waals surface area contributed by atoms with Gasteiger partial charge in [-0.15, -0.1) is 0 Å². The van der Waals surface area contributed by atoms with E-state index in [-0.39, 0.29) is 17.9 Å². The van der Waals surface area contributed by atoms with Crippen LogP contribution in [0.4, 0.5) is 0 Å². The summed E-state index contributed by atoms with van der Waals surface area (Å²) < 4.78 is 19.1. The van der Waals surface area contributed by atoms with Gasteiger partial charge in [0.1, 0.15) is 11.8 Å². The summed E-state index contributed by atoms with van der Waals surface area (Å²) >= 11 is 4.56. The van der Waals surface area contributed by atoms with Crippen LogP contribution in [0.1, 0.15) is 44.9 Å². The summed E-state index contributed by atoms with van der Waals surface area (Å²) in [7, 11) is 0. The highest BCUT2D eigenvalue weighted by molar-refractivity contribution is 9.10. The minimum absolute atomic E-state index is 0.0114. The fraction of sp³-hybridized carbons (Fsp3) is 0.296. The molecule has 37 heavy (non-hydrogen) atoms. The van der Waals surface area contributed by atoms with Gasteiger partial charge in [0.05, 0.1) is 40.1 Å². The summed E-state index contributed by atoms with van der Waals surface area (Å²) in [5.74, 6) is 0.339. The van der Waals surface area contributed by atoms with Crippen molar-refractivity contribution >= 4 is 39.3 Å². The number of esters is 1. The molecule has 0 saturated carbocycles. The molecule has 1 aromatic heterocycles. The standard InChI is InChI=1S/C27H27BrN2O6S/c1-5-34-19-11-9-8-10-17(19)23-22(26(33)36-7-3)15(4)29-27-30(23)25(32)21(37-27)14-16-12-18(28)24(31)20(13-16)35-6-2/h8-14,23,31H,5-7H2,1-4H3/t23-/m0/s1. The molecule has 0 saturated heterocycles. The number of thiazole rings is 1. The van der Waals surface area contributed by atoms with Gasteiger partial charge in [0.15, 0.2) is 16.3 Å². The molecule has 10 heteroatoms. The molecule has 0 bridgehead atoms. The lowest BCUT2D eigenvalue weighted by atomic mass is 9.95. The Hall–Kier alpha value is -3.37. The molecule has 194 valence electrons. The molecule has 0 aliphatic carbocycles. The number of hydrogen-bond acceptors (Lipinski definition) is 8. The molecular formula is C27H27BrN2O6S. The lowest BCUT2D eigenvalue weighted by molar-refractivity contribution is -0.139. The Morgan fingerprint density at radius 1 is 1.14 bits per heavy atom. The molecule has 3 aromatic rings. The summed E-state index contributed by atoms with van der Waals surface area (Å²) in [6, 6.07) is 9.94. The number of carbonyl (C=O) groups is 1. The van der Waals surface area contributed by atoms with Crippen molar-refractivity contribution in [2.24, 2.45) is 4.99 Å². The van der Waals surface area contributed by atoms with E-state index in [9.17, 15) is 14.7 Å². The van der Waals surface area contributed by atoms with Crippen LogP contribution in [0, 0.1) is 0 Å². The monoisotopic (exact) mass is 586 g/mol. The normalized spacial score (nSPS) is 15.3.